The summed E-state index contributed by atoms with van der Waals surface area (Å²) in [6.07, 6.45) is 6.56. The van der Waals surface area contributed by atoms with Crippen LogP contribution >= 0.6 is 11.3 Å². The Morgan fingerprint density at radius 3 is 3.03 bits per heavy atom. The summed E-state index contributed by atoms with van der Waals surface area (Å²) in [6, 6.07) is 6.38. The Hall–Kier alpha value is -2.45. The molecule has 0 radical (unpaired) electrons. The van der Waals surface area contributed by atoms with E-state index >= 15 is 0 Å². The fraction of sp³-hybridized carbons (Fsp3) is 0.455. The summed E-state index contributed by atoms with van der Waals surface area (Å²) in [5.74, 6) is 0.692. The molecule has 6 nitrogen and oxygen atoms in total. The Kier molecular flexibility index (Phi) is 5.43. The number of carbonyl (C=O) groups is 1. The van der Waals surface area contributed by atoms with E-state index in [4.69, 9.17) is 9.72 Å². The second kappa shape index (κ2) is 8.35. The van der Waals surface area contributed by atoms with Crippen molar-refractivity contribution < 1.29 is 13.9 Å². The number of halogens is 1. The van der Waals surface area contributed by atoms with Crippen LogP contribution in [0.4, 0.5) is 16.0 Å². The largest absolute Gasteiger partial charge is 0.368 e. The highest BCUT2D eigenvalue weighted by atomic mass is 32.1. The van der Waals surface area contributed by atoms with E-state index in [2.05, 4.69) is 5.32 Å². The third kappa shape index (κ3) is 3.81. The molecule has 1 N–H and O–H groups in total. The van der Waals surface area contributed by atoms with Gasteiger partial charge < -0.3 is 15.0 Å². The summed E-state index contributed by atoms with van der Waals surface area (Å²) in [4.78, 5) is 20.9. The van der Waals surface area contributed by atoms with Gasteiger partial charge in [0.2, 0.25) is 5.95 Å². The van der Waals surface area contributed by atoms with Crippen molar-refractivity contribution in [1.82, 2.24) is 14.3 Å². The Bertz CT molecular complexity index is 1040. The van der Waals surface area contributed by atoms with Crippen LogP contribution in [0.2, 0.25) is 0 Å². The Morgan fingerprint density at radius 1 is 1.27 bits per heavy atom. The lowest BCUT2D eigenvalue weighted by Crippen LogP contribution is -2.46. The van der Waals surface area contributed by atoms with Crippen LogP contribution in [0.15, 0.2) is 35.8 Å². The molecule has 2 saturated heterocycles. The summed E-state index contributed by atoms with van der Waals surface area (Å²) in [7, 11) is 0. The zero-order valence-electron chi connectivity index (χ0n) is 16.7. The minimum absolute atomic E-state index is 0.124. The van der Waals surface area contributed by atoms with Crippen LogP contribution in [0.1, 0.15) is 43.7 Å². The fourth-order valence-electron chi connectivity index (χ4n) is 4.44. The zero-order valence-corrected chi connectivity index (χ0v) is 17.5. The molecule has 4 heterocycles. The lowest BCUT2D eigenvalue weighted by molar-refractivity contribution is -0.147. The SMILES string of the molecule is O=C(C1CCCCO1)N1CCCC(c2nc(Nc3cccc(F)c3)n3ccsc23)C1. The van der Waals surface area contributed by atoms with Gasteiger partial charge in [-0.1, -0.05) is 6.07 Å². The number of benzene rings is 1. The Morgan fingerprint density at radius 2 is 2.20 bits per heavy atom. The average molecular weight is 429 g/mol. The lowest BCUT2D eigenvalue weighted by Gasteiger charge is -2.35. The van der Waals surface area contributed by atoms with Crippen molar-refractivity contribution in [2.24, 2.45) is 0 Å². The number of ether oxygens (including phenoxy) is 1. The van der Waals surface area contributed by atoms with Crippen LogP contribution in [0, 0.1) is 5.82 Å². The number of rotatable bonds is 4. The van der Waals surface area contributed by atoms with Gasteiger partial charge in [0.25, 0.3) is 5.91 Å². The van der Waals surface area contributed by atoms with E-state index < -0.39 is 0 Å². The lowest BCUT2D eigenvalue weighted by atomic mass is 9.94. The molecule has 0 spiro atoms. The maximum atomic E-state index is 13.6. The smallest absolute Gasteiger partial charge is 0.251 e. The first-order valence-corrected chi connectivity index (χ1v) is 11.5. The van der Waals surface area contributed by atoms with E-state index in [1.807, 2.05) is 26.9 Å². The Labute approximate surface area is 178 Å². The van der Waals surface area contributed by atoms with Crippen molar-refractivity contribution in [2.45, 2.75) is 44.1 Å². The number of anilines is 2. The number of nitrogens with zero attached hydrogens (tertiary/aromatic N) is 3. The molecule has 3 aromatic rings. The number of amides is 1. The van der Waals surface area contributed by atoms with Gasteiger partial charge in [-0.15, -0.1) is 11.3 Å². The number of hydrogen-bond donors (Lipinski definition) is 1. The second-order valence-electron chi connectivity index (χ2n) is 8.01. The number of aromatic nitrogens is 2. The van der Waals surface area contributed by atoms with Crippen molar-refractivity contribution in [3.05, 3.63) is 47.4 Å². The van der Waals surface area contributed by atoms with E-state index in [0.29, 0.717) is 24.8 Å². The maximum absolute atomic E-state index is 13.6. The molecule has 0 saturated carbocycles. The summed E-state index contributed by atoms with van der Waals surface area (Å²) in [5.41, 5.74) is 1.67. The van der Waals surface area contributed by atoms with Gasteiger partial charge in [0.05, 0.1) is 5.69 Å². The third-order valence-electron chi connectivity index (χ3n) is 5.94. The Balaban J connectivity index is 1.37. The van der Waals surface area contributed by atoms with Gasteiger partial charge in [0.15, 0.2) is 0 Å². The number of hydrogen-bond acceptors (Lipinski definition) is 5. The first-order chi connectivity index (χ1) is 14.7. The molecule has 1 amide bonds. The predicted molar refractivity (Wildman–Crippen MR) is 115 cm³/mol. The third-order valence-corrected chi connectivity index (χ3v) is 6.82. The summed E-state index contributed by atoms with van der Waals surface area (Å²) < 4.78 is 21.3. The number of nitrogens with one attached hydrogen (secondary N) is 1. The molecule has 2 atom stereocenters. The van der Waals surface area contributed by atoms with Gasteiger partial charge in [-0.2, -0.15) is 0 Å². The summed E-state index contributed by atoms with van der Waals surface area (Å²) in [5, 5.41) is 5.26. The van der Waals surface area contributed by atoms with Gasteiger partial charge in [-0.05, 0) is 50.3 Å². The molecule has 8 heteroatoms. The summed E-state index contributed by atoms with van der Waals surface area (Å²) in [6.45, 7) is 2.13. The highest BCUT2D eigenvalue weighted by molar-refractivity contribution is 7.15. The maximum Gasteiger partial charge on any atom is 0.251 e. The second-order valence-corrected chi connectivity index (χ2v) is 8.91. The van der Waals surface area contributed by atoms with Crippen LogP contribution < -0.4 is 5.32 Å². The van der Waals surface area contributed by atoms with Gasteiger partial charge in [0, 0.05) is 42.9 Å². The molecule has 2 unspecified atom stereocenters. The van der Waals surface area contributed by atoms with Crippen LogP contribution in [-0.2, 0) is 9.53 Å². The molecule has 2 aliphatic rings. The standard InChI is InChI=1S/C22H25FN4O2S/c23-16-6-3-7-17(13-16)24-22-25-19(21-27(22)10-12-30-21)15-5-4-9-26(14-15)20(28)18-8-1-2-11-29-18/h3,6-7,10,12-13,15,18H,1-2,4-5,8-9,11,14H2,(H,24,25). The number of carbonyl (C=O) groups excluding carboxylic acids is 1. The van der Waals surface area contributed by atoms with E-state index in [1.165, 1.54) is 12.1 Å². The number of fused-ring (bicyclic) bond motifs is 1. The molecule has 1 aromatic carbocycles. The number of imidazole rings is 1. The molecule has 0 bridgehead atoms. The van der Waals surface area contributed by atoms with Crippen LogP contribution in [0.25, 0.3) is 4.83 Å². The van der Waals surface area contributed by atoms with Crippen molar-refractivity contribution >= 4 is 33.7 Å². The zero-order chi connectivity index (χ0) is 20.5. The predicted octanol–water partition coefficient (Wildman–Crippen LogP) is 4.55. The molecule has 5 rings (SSSR count). The first kappa shape index (κ1) is 19.5. The van der Waals surface area contributed by atoms with Gasteiger partial charge in [0.1, 0.15) is 16.8 Å². The van der Waals surface area contributed by atoms with Crippen LogP contribution in [0.5, 0.6) is 0 Å². The molecular formula is C22H25FN4O2S. The molecule has 0 aliphatic carbocycles. The van der Waals surface area contributed by atoms with Crippen molar-refractivity contribution in [1.29, 1.82) is 0 Å². The van der Waals surface area contributed by atoms with E-state index in [1.54, 1.807) is 17.4 Å². The normalized spacial score (nSPS) is 22.4. The fourth-order valence-corrected chi connectivity index (χ4v) is 5.34. The first-order valence-electron chi connectivity index (χ1n) is 10.6. The van der Waals surface area contributed by atoms with Crippen molar-refractivity contribution in [2.75, 3.05) is 25.0 Å². The highest BCUT2D eigenvalue weighted by Crippen LogP contribution is 2.34. The van der Waals surface area contributed by atoms with Crippen molar-refractivity contribution in [3.8, 4) is 0 Å². The number of piperidine rings is 1. The minimum Gasteiger partial charge on any atom is -0.368 e. The molecule has 158 valence electrons. The number of thiazole rings is 1. The highest BCUT2D eigenvalue weighted by Gasteiger charge is 2.33. The van der Waals surface area contributed by atoms with E-state index in [9.17, 15) is 9.18 Å². The molecular weight excluding hydrogens is 403 g/mol. The van der Waals surface area contributed by atoms with E-state index in [-0.39, 0.29) is 23.7 Å². The molecule has 2 aliphatic heterocycles. The van der Waals surface area contributed by atoms with Gasteiger partial charge >= 0.3 is 0 Å². The quantitative estimate of drug-likeness (QED) is 0.662. The number of likely N-dealkylation sites (tertiary alicyclic amines) is 1. The molecule has 30 heavy (non-hydrogen) atoms. The average Bonchev–Trinajstić information content (AvgIpc) is 3.38. The minimum atomic E-state index is -0.287. The monoisotopic (exact) mass is 428 g/mol. The van der Waals surface area contributed by atoms with Gasteiger partial charge in [-0.3, -0.25) is 9.20 Å². The topological polar surface area (TPSA) is 58.9 Å². The van der Waals surface area contributed by atoms with Crippen molar-refractivity contribution in [3.63, 3.8) is 0 Å². The van der Waals surface area contributed by atoms with Crippen LogP contribution in [0.3, 0.4) is 0 Å². The van der Waals surface area contributed by atoms with Gasteiger partial charge in [-0.25, -0.2) is 9.37 Å². The molecule has 2 fully saturated rings. The van der Waals surface area contributed by atoms with E-state index in [0.717, 1.165) is 49.2 Å². The molecule has 2 aromatic heterocycles. The summed E-state index contributed by atoms with van der Waals surface area (Å²) >= 11 is 1.64. The van der Waals surface area contributed by atoms with Crippen LogP contribution in [-0.4, -0.2) is 46.0 Å².